The third-order valence-electron chi connectivity index (χ3n) is 3.32. The average molecular weight is 361 g/mol. The molecule has 0 N–H and O–H groups in total. The highest BCUT2D eigenvalue weighted by Gasteiger charge is 2.31. The molecule has 0 saturated heterocycles. The molecule has 0 aliphatic rings. The van der Waals surface area contributed by atoms with Crippen molar-refractivity contribution in [3.63, 3.8) is 0 Å². The Kier molecular flexibility index (Phi) is 4.42. The van der Waals surface area contributed by atoms with Gasteiger partial charge < -0.3 is 0 Å². The lowest BCUT2D eigenvalue weighted by Gasteiger charge is -2.18. The van der Waals surface area contributed by atoms with Gasteiger partial charge in [0.25, 0.3) is 0 Å². The zero-order valence-electron chi connectivity index (χ0n) is 11.4. The Labute approximate surface area is 128 Å². The number of hydrogen-bond donors (Lipinski definition) is 0. The van der Waals surface area contributed by atoms with Crippen LogP contribution in [0.3, 0.4) is 0 Å². The first-order valence-corrected chi connectivity index (χ1v) is 7.19. The molecule has 0 bridgehead atoms. The smallest absolute Gasteiger partial charge is 0.207 e. The van der Waals surface area contributed by atoms with E-state index in [1.54, 1.807) is 19.9 Å². The highest BCUT2D eigenvalue weighted by atomic mass is 79.9. The summed E-state index contributed by atoms with van der Waals surface area (Å²) in [6.07, 6.45) is -4.38. The lowest BCUT2D eigenvalue weighted by atomic mass is 9.95. The maximum atomic E-state index is 13.3. The summed E-state index contributed by atoms with van der Waals surface area (Å²) in [6, 6.07) is 7.90. The van der Waals surface area contributed by atoms with Crippen LogP contribution in [0.4, 0.5) is 17.6 Å². The van der Waals surface area contributed by atoms with Gasteiger partial charge >= 0.3 is 6.18 Å². The Morgan fingerprint density at radius 2 is 1.57 bits per heavy atom. The molecule has 2 aromatic rings. The lowest BCUT2D eigenvalue weighted by molar-refractivity contribution is -0.137. The van der Waals surface area contributed by atoms with E-state index in [0.29, 0.717) is 16.7 Å². The van der Waals surface area contributed by atoms with Crippen LogP contribution in [0.5, 0.6) is 0 Å². The van der Waals surface area contributed by atoms with E-state index in [0.717, 1.165) is 17.7 Å². The molecule has 0 aliphatic carbocycles. The minimum atomic E-state index is -4.38. The van der Waals surface area contributed by atoms with Crippen LogP contribution in [0, 0.1) is 19.7 Å². The fraction of sp³-hybridized carbons (Fsp3) is 0.250. The molecule has 5 heteroatoms. The van der Waals surface area contributed by atoms with Crippen LogP contribution < -0.4 is 0 Å². The van der Waals surface area contributed by atoms with Crippen molar-refractivity contribution in [2.24, 2.45) is 0 Å². The van der Waals surface area contributed by atoms with Crippen LogP contribution in [-0.2, 0) is 6.18 Å². The second kappa shape index (κ2) is 5.79. The fourth-order valence-electron chi connectivity index (χ4n) is 2.36. The van der Waals surface area contributed by atoms with E-state index < -0.39 is 16.6 Å². The molecule has 2 rings (SSSR count). The zero-order valence-corrected chi connectivity index (χ0v) is 13.0. The molecule has 0 fully saturated rings. The third-order valence-corrected chi connectivity index (χ3v) is 4.31. The molecule has 0 radical (unpaired) electrons. The number of halogens is 5. The summed E-state index contributed by atoms with van der Waals surface area (Å²) in [6.45, 7) is 3.49. The second-order valence-corrected chi connectivity index (χ2v) is 5.85. The van der Waals surface area contributed by atoms with Gasteiger partial charge in [0, 0.05) is 0 Å². The van der Waals surface area contributed by atoms with Gasteiger partial charge in [0.1, 0.15) is 5.82 Å². The van der Waals surface area contributed by atoms with Crippen molar-refractivity contribution in [2.75, 3.05) is 0 Å². The van der Waals surface area contributed by atoms with E-state index in [9.17, 15) is 17.6 Å². The summed E-state index contributed by atoms with van der Waals surface area (Å²) < 4.78 is 51.7. The minimum absolute atomic E-state index is 0.350. The molecule has 2 aromatic carbocycles. The van der Waals surface area contributed by atoms with Crippen molar-refractivity contribution in [1.82, 2.24) is 0 Å². The topological polar surface area (TPSA) is 0 Å². The van der Waals surface area contributed by atoms with Crippen LogP contribution in [0.1, 0.15) is 32.6 Å². The first-order chi connectivity index (χ1) is 9.70. The number of benzene rings is 2. The van der Waals surface area contributed by atoms with Crippen molar-refractivity contribution in [3.8, 4) is 0 Å². The average Bonchev–Trinajstić information content (AvgIpc) is 2.36. The molecule has 0 amide bonds. The SMILES string of the molecule is Cc1cc(F)cc(C)c1C(Br)c1cccc(C(F)(F)F)c1. The molecule has 0 saturated carbocycles. The molecule has 1 atom stereocenters. The summed E-state index contributed by atoms with van der Waals surface area (Å²) in [4.78, 5) is -0.416. The maximum Gasteiger partial charge on any atom is 0.416 e. The summed E-state index contributed by atoms with van der Waals surface area (Å²) in [5, 5.41) is 0. The summed E-state index contributed by atoms with van der Waals surface area (Å²) in [5.41, 5.74) is 1.98. The first-order valence-electron chi connectivity index (χ1n) is 6.28. The molecular weight excluding hydrogens is 348 g/mol. The molecular formula is C16H13BrF4. The monoisotopic (exact) mass is 360 g/mol. The van der Waals surface area contributed by atoms with E-state index in [1.165, 1.54) is 18.2 Å². The van der Waals surface area contributed by atoms with Crippen LogP contribution in [0.2, 0.25) is 0 Å². The van der Waals surface area contributed by atoms with Gasteiger partial charge in [0.2, 0.25) is 0 Å². The number of alkyl halides is 4. The van der Waals surface area contributed by atoms with Gasteiger partial charge in [-0.15, -0.1) is 0 Å². The summed E-state index contributed by atoms with van der Waals surface area (Å²) in [7, 11) is 0. The normalized spacial score (nSPS) is 13.3. The summed E-state index contributed by atoms with van der Waals surface area (Å²) >= 11 is 3.43. The number of aryl methyl sites for hydroxylation is 2. The Balaban J connectivity index is 2.48. The fourth-order valence-corrected chi connectivity index (χ4v) is 3.37. The number of rotatable bonds is 2. The maximum absolute atomic E-state index is 13.3. The minimum Gasteiger partial charge on any atom is -0.207 e. The van der Waals surface area contributed by atoms with Crippen LogP contribution >= 0.6 is 15.9 Å². The third kappa shape index (κ3) is 3.46. The van der Waals surface area contributed by atoms with Crippen molar-refractivity contribution in [1.29, 1.82) is 0 Å². The van der Waals surface area contributed by atoms with Crippen molar-refractivity contribution in [2.45, 2.75) is 24.9 Å². The summed E-state index contributed by atoms with van der Waals surface area (Å²) in [5.74, 6) is -0.350. The molecule has 0 spiro atoms. The molecule has 21 heavy (non-hydrogen) atoms. The standard InChI is InChI=1S/C16H13BrF4/c1-9-6-13(18)7-10(2)14(9)15(17)11-4-3-5-12(8-11)16(19,20)21/h3-8,15H,1-2H3. The van der Waals surface area contributed by atoms with Gasteiger partial charge in [0.15, 0.2) is 0 Å². The second-order valence-electron chi connectivity index (χ2n) is 4.94. The zero-order chi connectivity index (χ0) is 15.8. The van der Waals surface area contributed by atoms with Crippen molar-refractivity contribution < 1.29 is 17.6 Å². The molecule has 0 aliphatic heterocycles. The largest absolute Gasteiger partial charge is 0.416 e. The van der Waals surface area contributed by atoms with Gasteiger partial charge in [-0.1, -0.05) is 34.1 Å². The lowest BCUT2D eigenvalue weighted by Crippen LogP contribution is -2.07. The van der Waals surface area contributed by atoms with Gasteiger partial charge in [-0.25, -0.2) is 4.39 Å². The van der Waals surface area contributed by atoms with E-state index in [-0.39, 0.29) is 5.82 Å². The Bertz CT molecular complexity index is 639. The van der Waals surface area contributed by atoms with Gasteiger partial charge in [-0.05, 0) is 54.3 Å². The van der Waals surface area contributed by atoms with E-state index >= 15 is 0 Å². The van der Waals surface area contributed by atoms with Crippen molar-refractivity contribution >= 4 is 15.9 Å². The van der Waals surface area contributed by atoms with Crippen LogP contribution in [0.15, 0.2) is 36.4 Å². The molecule has 0 aromatic heterocycles. The van der Waals surface area contributed by atoms with Gasteiger partial charge in [-0.2, -0.15) is 13.2 Å². The first kappa shape index (κ1) is 16.0. The number of hydrogen-bond acceptors (Lipinski definition) is 0. The molecule has 112 valence electrons. The molecule has 1 unspecified atom stereocenters. The van der Waals surface area contributed by atoms with Crippen LogP contribution in [-0.4, -0.2) is 0 Å². The predicted molar refractivity (Wildman–Crippen MR) is 78.1 cm³/mol. The highest BCUT2D eigenvalue weighted by Crippen LogP contribution is 2.38. The van der Waals surface area contributed by atoms with Crippen molar-refractivity contribution in [3.05, 3.63) is 70.0 Å². The molecule has 0 nitrogen and oxygen atoms in total. The van der Waals surface area contributed by atoms with E-state index in [1.807, 2.05) is 0 Å². The Morgan fingerprint density at radius 1 is 1.00 bits per heavy atom. The van der Waals surface area contributed by atoms with Gasteiger partial charge in [-0.3, -0.25) is 0 Å². The van der Waals surface area contributed by atoms with Crippen LogP contribution in [0.25, 0.3) is 0 Å². The van der Waals surface area contributed by atoms with E-state index in [4.69, 9.17) is 0 Å². The van der Waals surface area contributed by atoms with E-state index in [2.05, 4.69) is 15.9 Å². The predicted octanol–water partition coefficient (Wildman–Crippen LogP) is 5.95. The molecule has 0 heterocycles. The Morgan fingerprint density at radius 3 is 2.10 bits per heavy atom. The van der Waals surface area contributed by atoms with Gasteiger partial charge in [0.05, 0.1) is 10.4 Å². The Hall–Kier alpha value is -1.36. The quantitative estimate of drug-likeness (QED) is 0.458. The highest BCUT2D eigenvalue weighted by molar-refractivity contribution is 9.09.